The molecular formula is C11H11BrN4O2. The van der Waals surface area contributed by atoms with Gasteiger partial charge in [-0.1, -0.05) is 15.9 Å². The van der Waals surface area contributed by atoms with Crippen LogP contribution in [0.15, 0.2) is 35.1 Å². The highest BCUT2D eigenvalue weighted by Crippen LogP contribution is 2.17. The van der Waals surface area contributed by atoms with Crippen molar-refractivity contribution in [3.63, 3.8) is 0 Å². The summed E-state index contributed by atoms with van der Waals surface area (Å²) in [5, 5.41) is 8.72. The van der Waals surface area contributed by atoms with Crippen LogP contribution in [0.2, 0.25) is 0 Å². The molecule has 0 radical (unpaired) electrons. The minimum Gasteiger partial charge on any atom is -0.481 e. The van der Waals surface area contributed by atoms with E-state index in [4.69, 9.17) is 4.74 Å². The molecule has 0 fully saturated rings. The lowest BCUT2D eigenvalue weighted by Gasteiger charge is -2.13. The second-order valence-electron chi connectivity index (χ2n) is 3.54. The lowest BCUT2D eigenvalue weighted by molar-refractivity contribution is -0.122. The molecule has 1 amide bonds. The number of ether oxygens (including phenoxy) is 1. The quantitative estimate of drug-likeness (QED) is 0.905. The largest absolute Gasteiger partial charge is 0.481 e. The van der Waals surface area contributed by atoms with E-state index in [9.17, 15) is 4.79 Å². The highest BCUT2D eigenvalue weighted by molar-refractivity contribution is 9.10. The number of amides is 1. The fourth-order valence-electron chi connectivity index (χ4n) is 1.25. The Labute approximate surface area is 112 Å². The molecule has 1 heterocycles. The zero-order chi connectivity index (χ0) is 13.0. The first-order valence-electron chi connectivity index (χ1n) is 5.23. The van der Waals surface area contributed by atoms with Gasteiger partial charge in [0.25, 0.3) is 5.91 Å². The van der Waals surface area contributed by atoms with E-state index in [1.165, 1.54) is 6.33 Å². The molecule has 1 aromatic carbocycles. The minimum atomic E-state index is -0.628. The van der Waals surface area contributed by atoms with E-state index in [2.05, 4.69) is 36.4 Å². The van der Waals surface area contributed by atoms with E-state index >= 15 is 0 Å². The SMILES string of the molecule is C[C@H](Oc1ccc(Br)cc1)C(=O)Nc1ncn[nH]1. The molecule has 2 N–H and O–H groups in total. The molecule has 0 unspecified atom stereocenters. The number of nitrogens with zero attached hydrogens (tertiary/aromatic N) is 2. The number of nitrogens with one attached hydrogen (secondary N) is 2. The molecule has 1 atom stereocenters. The highest BCUT2D eigenvalue weighted by Gasteiger charge is 2.15. The predicted octanol–water partition coefficient (Wildman–Crippen LogP) is 1.97. The molecule has 0 bridgehead atoms. The summed E-state index contributed by atoms with van der Waals surface area (Å²) >= 11 is 3.33. The molecule has 0 saturated heterocycles. The van der Waals surface area contributed by atoms with Crippen LogP contribution in [-0.4, -0.2) is 27.2 Å². The van der Waals surface area contributed by atoms with Crippen LogP contribution in [0.5, 0.6) is 5.75 Å². The van der Waals surface area contributed by atoms with Gasteiger partial charge in [-0.15, -0.1) is 0 Å². The first kappa shape index (κ1) is 12.6. The third-order valence-corrected chi connectivity index (χ3v) is 2.68. The Balaban J connectivity index is 1.93. The topological polar surface area (TPSA) is 79.9 Å². The standard InChI is InChI=1S/C11H11BrN4O2/c1-7(10(17)15-11-13-6-14-16-11)18-9-4-2-8(12)3-5-9/h2-7H,1H3,(H2,13,14,15,16,17)/t7-/m0/s1. The number of rotatable bonds is 4. The first-order chi connectivity index (χ1) is 8.65. The van der Waals surface area contributed by atoms with Crippen LogP contribution < -0.4 is 10.1 Å². The van der Waals surface area contributed by atoms with Crippen molar-refractivity contribution in [1.82, 2.24) is 15.2 Å². The third kappa shape index (κ3) is 3.30. The van der Waals surface area contributed by atoms with Gasteiger partial charge in [-0.05, 0) is 31.2 Å². The lowest BCUT2D eigenvalue weighted by atomic mass is 10.3. The van der Waals surface area contributed by atoms with Gasteiger partial charge in [-0.25, -0.2) is 5.10 Å². The molecular weight excluding hydrogens is 300 g/mol. The Morgan fingerprint density at radius 3 is 2.78 bits per heavy atom. The molecule has 2 rings (SSSR count). The number of H-pyrrole nitrogens is 1. The molecule has 94 valence electrons. The molecule has 0 spiro atoms. The Hall–Kier alpha value is -1.89. The molecule has 0 saturated carbocycles. The summed E-state index contributed by atoms with van der Waals surface area (Å²) in [6, 6.07) is 7.25. The van der Waals surface area contributed by atoms with Crippen molar-refractivity contribution in [2.45, 2.75) is 13.0 Å². The maximum absolute atomic E-state index is 11.7. The third-order valence-electron chi connectivity index (χ3n) is 2.15. The molecule has 0 aliphatic heterocycles. The number of anilines is 1. The molecule has 1 aromatic heterocycles. The zero-order valence-corrected chi connectivity index (χ0v) is 11.1. The van der Waals surface area contributed by atoms with Gasteiger partial charge in [-0.3, -0.25) is 10.1 Å². The summed E-state index contributed by atoms with van der Waals surface area (Å²) in [7, 11) is 0. The van der Waals surface area contributed by atoms with E-state index in [-0.39, 0.29) is 5.91 Å². The number of halogens is 1. The zero-order valence-electron chi connectivity index (χ0n) is 9.55. The van der Waals surface area contributed by atoms with Gasteiger partial charge in [0.2, 0.25) is 5.95 Å². The van der Waals surface area contributed by atoms with E-state index < -0.39 is 6.10 Å². The Morgan fingerprint density at radius 1 is 1.44 bits per heavy atom. The summed E-state index contributed by atoms with van der Waals surface area (Å²) < 4.78 is 6.44. The number of hydrogen-bond donors (Lipinski definition) is 2. The second-order valence-corrected chi connectivity index (χ2v) is 4.45. The van der Waals surface area contributed by atoms with Crippen molar-refractivity contribution < 1.29 is 9.53 Å². The number of carbonyl (C=O) groups excluding carboxylic acids is 1. The lowest BCUT2D eigenvalue weighted by Crippen LogP contribution is -2.30. The van der Waals surface area contributed by atoms with Crippen molar-refractivity contribution >= 4 is 27.8 Å². The summed E-state index contributed by atoms with van der Waals surface area (Å²) in [4.78, 5) is 15.5. The van der Waals surface area contributed by atoms with Crippen LogP contribution in [0.3, 0.4) is 0 Å². The Morgan fingerprint density at radius 2 is 2.17 bits per heavy atom. The molecule has 7 heteroatoms. The van der Waals surface area contributed by atoms with Crippen LogP contribution in [0.25, 0.3) is 0 Å². The van der Waals surface area contributed by atoms with E-state index in [0.717, 1.165) is 4.47 Å². The smallest absolute Gasteiger partial charge is 0.267 e. The van der Waals surface area contributed by atoms with Crippen molar-refractivity contribution in [1.29, 1.82) is 0 Å². The van der Waals surface area contributed by atoms with Crippen LogP contribution in [-0.2, 0) is 4.79 Å². The number of carbonyl (C=O) groups is 1. The van der Waals surface area contributed by atoms with Crippen molar-refractivity contribution in [3.05, 3.63) is 35.1 Å². The Kier molecular flexibility index (Phi) is 3.93. The van der Waals surface area contributed by atoms with E-state index in [1.807, 2.05) is 12.1 Å². The van der Waals surface area contributed by atoms with Gasteiger partial charge in [0.15, 0.2) is 6.10 Å². The summed E-state index contributed by atoms with van der Waals surface area (Å²) in [5.41, 5.74) is 0. The fraction of sp³-hybridized carbons (Fsp3) is 0.182. The summed E-state index contributed by atoms with van der Waals surface area (Å²) in [6.45, 7) is 1.66. The average molecular weight is 311 g/mol. The fourth-order valence-corrected chi connectivity index (χ4v) is 1.52. The molecule has 2 aromatic rings. The average Bonchev–Trinajstić information content (AvgIpc) is 2.85. The first-order valence-corrected chi connectivity index (χ1v) is 6.03. The number of hydrogen-bond acceptors (Lipinski definition) is 4. The van der Waals surface area contributed by atoms with Crippen molar-refractivity contribution in [2.24, 2.45) is 0 Å². The predicted molar refractivity (Wildman–Crippen MR) is 69.2 cm³/mol. The monoisotopic (exact) mass is 310 g/mol. The maximum atomic E-state index is 11.7. The van der Waals surface area contributed by atoms with Crippen LogP contribution in [0.1, 0.15) is 6.92 Å². The van der Waals surface area contributed by atoms with Crippen LogP contribution >= 0.6 is 15.9 Å². The minimum absolute atomic E-state index is 0.297. The van der Waals surface area contributed by atoms with Crippen LogP contribution in [0.4, 0.5) is 5.95 Å². The van der Waals surface area contributed by atoms with Crippen molar-refractivity contribution in [3.8, 4) is 5.75 Å². The van der Waals surface area contributed by atoms with E-state index in [1.54, 1.807) is 19.1 Å². The van der Waals surface area contributed by atoms with E-state index in [0.29, 0.717) is 11.7 Å². The summed E-state index contributed by atoms with van der Waals surface area (Å²) in [6.07, 6.45) is 0.687. The molecule has 18 heavy (non-hydrogen) atoms. The second kappa shape index (κ2) is 5.63. The molecule has 0 aliphatic rings. The van der Waals surface area contributed by atoms with Crippen LogP contribution in [0, 0.1) is 0 Å². The van der Waals surface area contributed by atoms with Gasteiger partial charge in [0.1, 0.15) is 12.1 Å². The Bertz CT molecular complexity index is 512. The normalized spacial score (nSPS) is 11.9. The maximum Gasteiger partial charge on any atom is 0.267 e. The summed E-state index contributed by atoms with van der Waals surface area (Å²) in [5.74, 6) is 0.624. The van der Waals surface area contributed by atoms with Gasteiger partial charge < -0.3 is 4.74 Å². The van der Waals surface area contributed by atoms with Gasteiger partial charge in [0.05, 0.1) is 0 Å². The van der Waals surface area contributed by atoms with Crippen molar-refractivity contribution in [2.75, 3.05) is 5.32 Å². The van der Waals surface area contributed by atoms with Gasteiger partial charge in [0, 0.05) is 4.47 Å². The van der Waals surface area contributed by atoms with Gasteiger partial charge in [-0.2, -0.15) is 10.1 Å². The highest BCUT2D eigenvalue weighted by atomic mass is 79.9. The number of benzene rings is 1. The molecule has 6 nitrogen and oxygen atoms in total. The van der Waals surface area contributed by atoms with Gasteiger partial charge >= 0.3 is 0 Å². The molecule has 0 aliphatic carbocycles. The number of aromatic nitrogens is 3. The number of aromatic amines is 1.